The molecule has 0 radical (unpaired) electrons. The van der Waals surface area contributed by atoms with Crippen LogP contribution in [0.15, 0.2) is 23.1 Å². The molecule has 18 heavy (non-hydrogen) atoms. The van der Waals surface area contributed by atoms with E-state index in [-0.39, 0.29) is 16.4 Å². The number of sulfonamides is 1. The van der Waals surface area contributed by atoms with Crippen LogP contribution in [0.2, 0.25) is 0 Å². The molecule has 1 atom stereocenters. The zero-order valence-electron chi connectivity index (χ0n) is 11.2. The predicted octanol–water partition coefficient (Wildman–Crippen LogP) is 1.76. The number of nitrogens with two attached hydrogens (primary N) is 2. The second kappa shape index (κ2) is 4.78. The molecule has 1 aromatic rings. The smallest absolute Gasteiger partial charge is 0.238 e. The molecule has 0 aromatic heterocycles. The molecule has 102 valence electrons. The van der Waals surface area contributed by atoms with Gasteiger partial charge in [-0.25, -0.2) is 13.6 Å². The summed E-state index contributed by atoms with van der Waals surface area (Å²) in [7, 11) is -3.74. The first kappa shape index (κ1) is 14.8. The number of rotatable bonds is 3. The minimum absolute atomic E-state index is 0.0195. The largest absolute Gasteiger partial charge is 0.399 e. The van der Waals surface area contributed by atoms with Crippen molar-refractivity contribution < 1.29 is 8.42 Å². The Morgan fingerprint density at radius 1 is 1.22 bits per heavy atom. The molecule has 0 saturated heterocycles. The van der Waals surface area contributed by atoms with E-state index >= 15 is 0 Å². The monoisotopic (exact) mass is 271 g/mol. The molecule has 0 saturated carbocycles. The lowest BCUT2D eigenvalue weighted by Gasteiger charge is -2.29. The molecule has 0 aliphatic carbocycles. The number of nitrogen functional groups attached to an aromatic ring is 1. The lowest BCUT2D eigenvalue weighted by atomic mass is 9.88. The fourth-order valence-electron chi connectivity index (χ4n) is 1.34. The molecule has 5 nitrogen and oxygen atoms in total. The molecule has 0 amide bonds. The van der Waals surface area contributed by atoms with Gasteiger partial charge in [0.15, 0.2) is 0 Å². The molecule has 1 aromatic carbocycles. The van der Waals surface area contributed by atoms with Gasteiger partial charge in [0.1, 0.15) is 0 Å². The van der Waals surface area contributed by atoms with E-state index in [1.165, 1.54) is 12.1 Å². The maximum Gasteiger partial charge on any atom is 0.238 e. The fraction of sp³-hybridized carbons (Fsp3) is 0.500. The maximum atomic E-state index is 11.3. The highest BCUT2D eigenvalue weighted by Gasteiger charge is 2.20. The lowest BCUT2D eigenvalue weighted by molar-refractivity contribution is 0.359. The Kier molecular flexibility index (Phi) is 3.92. The first-order valence-corrected chi connectivity index (χ1v) is 7.24. The van der Waals surface area contributed by atoms with Crippen LogP contribution in [0, 0.1) is 5.41 Å². The summed E-state index contributed by atoms with van der Waals surface area (Å²) in [5.74, 6) is 0. The van der Waals surface area contributed by atoms with Gasteiger partial charge in [-0.1, -0.05) is 20.8 Å². The van der Waals surface area contributed by atoms with Gasteiger partial charge >= 0.3 is 0 Å². The van der Waals surface area contributed by atoms with Crippen LogP contribution in [0.25, 0.3) is 0 Å². The Bertz CT molecular complexity index is 533. The topological polar surface area (TPSA) is 98.2 Å². The molecule has 6 heteroatoms. The van der Waals surface area contributed by atoms with Crippen LogP contribution in [0.3, 0.4) is 0 Å². The number of nitrogens with one attached hydrogen (secondary N) is 1. The van der Waals surface area contributed by atoms with Gasteiger partial charge in [-0.2, -0.15) is 0 Å². The van der Waals surface area contributed by atoms with Crippen LogP contribution in [0.5, 0.6) is 0 Å². The Labute approximate surface area is 109 Å². The van der Waals surface area contributed by atoms with Gasteiger partial charge in [0.2, 0.25) is 10.0 Å². The molecule has 1 rings (SSSR count). The quantitative estimate of drug-likeness (QED) is 0.729. The van der Waals surface area contributed by atoms with E-state index in [9.17, 15) is 8.42 Å². The van der Waals surface area contributed by atoms with Crippen LogP contribution in [0.4, 0.5) is 11.4 Å². The van der Waals surface area contributed by atoms with Crippen molar-refractivity contribution in [3.8, 4) is 0 Å². The standard InChI is InChI=1S/C12H21N3O2S/c1-8(12(2,3)4)15-10-5-9(13)6-11(7-10)18(14,16)17/h5-8,15H,13H2,1-4H3,(H2,14,16,17). The summed E-state index contributed by atoms with van der Waals surface area (Å²) in [6.07, 6.45) is 0. The fourth-order valence-corrected chi connectivity index (χ4v) is 1.93. The minimum Gasteiger partial charge on any atom is -0.399 e. The van der Waals surface area contributed by atoms with E-state index in [2.05, 4.69) is 26.1 Å². The molecular weight excluding hydrogens is 250 g/mol. The number of hydrogen-bond acceptors (Lipinski definition) is 4. The normalized spacial score (nSPS) is 14.3. The SMILES string of the molecule is CC(Nc1cc(N)cc(S(N)(=O)=O)c1)C(C)(C)C. The highest BCUT2D eigenvalue weighted by molar-refractivity contribution is 7.89. The van der Waals surface area contributed by atoms with E-state index in [0.29, 0.717) is 11.4 Å². The third kappa shape index (κ3) is 3.89. The number of anilines is 2. The van der Waals surface area contributed by atoms with Crippen molar-refractivity contribution in [2.24, 2.45) is 10.6 Å². The third-order valence-electron chi connectivity index (χ3n) is 2.94. The van der Waals surface area contributed by atoms with Crippen molar-refractivity contribution in [3.63, 3.8) is 0 Å². The zero-order chi connectivity index (χ0) is 14.1. The van der Waals surface area contributed by atoms with Gasteiger partial charge in [-0.3, -0.25) is 0 Å². The van der Waals surface area contributed by atoms with E-state index < -0.39 is 10.0 Å². The summed E-state index contributed by atoms with van der Waals surface area (Å²) < 4.78 is 22.6. The first-order chi connectivity index (χ1) is 8.00. The summed E-state index contributed by atoms with van der Waals surface area (Å²) in [4.78, 5) is 0.0195. The Morgan fingerprint density at radius 3 is 2.22 bits per heavy atom. The van der Waals surface area contributed by atoms with Crippen molar-refractivity contribution in [3.05, 3.63) is 18.2 Å². The van der Waals surface area contributed by atoms with Crippen molar-refractivity contribution in [1.29, 1.82) is 0 Å². The Morgan fingerprint density at radius 2 is 1.78 bits per heavy atom. The highest BCUT2D eigenvalue weighted by Crippen LogP contribution is 2.25. The van der Waals surface area contributed by atoms with Crippen molar-refractivity contribution in [2.45, 2.75) is 38.6 Å². The van der Waals surface area contributed by atoms with Crippen LogP contribution >= 0.6 is 0 Å². The van der Waals surface area contributed by atoms with Gasteiger partial charge < -0.3 is 11.1 Å². The summed E-state index contributed by atoms with van der Waals surface area (Å²) in [6.45, 7) is 8.31. The van der Waals surface area contributed by atoms with E-state index in [1.54, 1.807) is 6.07 Å². The molecule has 1 unspecified atom stereocenters. The minimum atomic E-state index is -3.74. The second-order valence-electron chi connectivity index (χ2n) is 5.57. The molecule has 0 spiro atoms. The number of primary sulfonamides is 1. The van der Waals surface area contributed by atoms with Crippen LogP contribution in [-0.2, 0) is 10.0 Å². The zero-order valence-corrected chi connectivity index (χ0v) is 12.0. The van der Waals surface area contributed by atoms with E-state index in [1.807, 2.05) is 6.92 Å². The third-order valence-corrected chi connectivity index (χ3v) is 3.83. The molecule has 0 heterocycles. The molecular formula is C12H21N3O2S. The van der Waals surface area contributed by atoms with Crippen molar-refractivity contribution in [2.75, 3.05) is 11.1 Å². The van der Waals surface area contributed by atoms with Gasteiger partial charge in [-0.05, 0) is 30.5 Å². The van der Waals surface area contributed by atoms with Crippen molar-refractivity contribution >= 4 is 21.4 Å². The maximum absolute atomic E-state index is 11.3. The predicted molar refractivity (Wildman–Crippen MR) is 74.8 cm³/mol. The molecule has 0 aliphatic rings. The number of benzene rings is 1. The van der Waals surface area contributed by atoms with Gasteiger partial charge in [0.05, 0.1) is 4.90 Å². The van der Waals surface area contributed by atoms with E-state index in [4.69, 9.17) is 10.9 Å². The van der Waals surface area contributed by atoms with Crippen LogP contribution in [0.1, 0.15) is 27.7 Å². The number of hydrogen-bond donors (Lipinski definition) is 3. The average molecular weight is 271 g/mol. The van der Waals surface area contributed by atoms with Gasteiger partial charge in [0.25, 0.3) is 0 Å². The van der Waals surface area contributed by atoms with Crippen molar-refractivity contribution in [1.82, 2.24) is 0 Å². The van der Waals surface area contributed by atoms with Crippen LogP contribution < -0.4 is 16.2 Å². The van der Waals surface area contributed by atoms with Crippen LogP contribution in [-0.4, -0.2) is 14.5 Å². The second-order valence-corrected chi connectivity index (χ2v) is 7.13. The Hall–Kier alpha value is -1.27. The lowest BCUT2D eigenvalue weighted by Crippen LogP contribution is -2.30. The summed E-state index contributed by atoms with van der Waals surface area (Å²) in [5.41, 5.74) is 6.75. The summed E-state index contributed by atoms with van der Waals surface area (Å²) in [5, 5.41) is 8.34. The molecule has 0 aliphatic heterocycles. The van der Waals surface area contributed by atoms with Gasteiger partial charge in [-0.15, -0.1) is 0 Å². The van der Waals surface area contributed by atoms with E-state index in [0.717, 1.165) is 0 Å². The average Bonchev–Trinajstić information content (AvgIpc) is 2.13. The first-order valence-electron chi connectivity index (χ1n) is 5.70. The molecule has 0 bridgehead atoms. The molecule has 5 N–H and O–H groups in total. The highest BCUT2D eigenvalue weighted by atomic mass is 32.2. The summed E-state index contributed by atoms with van der Waals surface area (Å²) >= 11 is 0. The summed E-state index contributed by atoms with van der Waals surface area (Å²) in [6, 6.07) is 4.69. The van der Waals surface area contributed by atoms with Gasteiger partial charge in [0, 0.05) is 17.4 Å². The Balaban J connectivity index is 3.09. The molecule has 0 fully saturated rings.